The third kappa shape index (κ3) is 28.3. The van der Waals surface area contributed by atoms with Gasteiger partial charge in [-0.15, -0.1) is 0 Å². The van der Waals surface area contributed by atoms with Crippen molar-refractivity contribution in [1.29, 1.82) is 0 Å². The van der Waals surface area contributed by atoms with Crippen molar-refractivity contribution in [3.63, 3.8) is 0 Å². The van der Waals surface area contributed by atoms with Gasteiger partial charge in [-0.2, -0.15) is 0 Å². The lowest BCUT2D eigenvalue weighted by Gasteiger charge is -2.22. The molecule has 0 saturated heterocycles. The van der Waals surface area contributed by atoms with Crippen LogP contribution in [-0.2, 0) is 37.9 Å². The largest absolute Gasteiger partial charge is 0.394 e. The van der Waals surface area contributed by atoms with E-state index in [2.05, 4.69) is 0 Å². The molecule has 0 aliphatic heterocycles. The first-order valence-electron chi connectivity index (χ1n) is 15.0. The van der Waals surface area contributed by atoms with Crippen molar-refractivity contribution in [1.82, 2.24) is 0 Å². The third-order valence-electron chi connectivity index (χ3n) is 5.55. The molecule has 0 saturated carbocycles. The van der Waals surface area contributed by atoms with Crippen LogP contribution in [0, 0.1) is 0 Å². The van der Waals surface area contributed by atoms with Gasteiger partial charge < -0.3 is 94.7 Å². The highest BCUT2D eigenvalue weighted by molar-refractivity contribution is 4.64. The quantitative estimate of drug-likeness (QED) is 0.0300. The molecule has 0 aromatic rings. The molecule has 19 nitrogen and oxygen atoms in total. The highest BCUT2D eigenvalue weighted by Gasteiger charge is 2.17. The van der Waals surface area contributed by atoms with E-state index in [-0.39, 0.29) is 106 Å². The fourth-order valence-corrected chi connectivity index (χ4v) is 3.18. The predicted molar refractivity (Wildman–Crippen MR) is 157 cm³/mol. The molecule has 0 aliphatic carbocycles. The van der Waals surface area contributed by atoms with Gasteiger partial charge in [0, 0.05) is 6.54 Å². The number of nitrogens with two attached hydrogens (primary N) is 1. The molecule has 0 aromatic heterocycles. The second-order valence-electron chi connectivity index (χ2n) is 10.5. The van der Waals surface area contributed by atoms with Crippen molar-refractivity contribution in [2.45, 2.75) is 54.9 Å². The number of hydrogen-bond acceptors (Lipinski definition) is 19. The third-order valence-corrected chi connectivity index (χ3v) is 5.55. The van der Waals surface area contributed by atoms with Gasteiger partial charge in [0.05, 0.1) is 118 Å². The van der Waals surface area contributed by atoms with Crippen LogP contribution in [0.15, 0.2) is 0 Å². The van der Waals surface area contributed by atoms with Crippen LogP contribution in [0.5, 0.6) is 0 Å². The summed E-state index contributed by atoms with van der Waals surface area (Å²) >= 11 is 0. The van der Waals surface area contributed by atoms with Gasteiger partial charge in [0.25, 0.3) is 0 Å². The Morgan fingerprint density at radius 2 is 0.565 bits per heavy atom. The molecular weight excluding hydrogens is 626 g/mol. The van der Waals surface area contributed by atoms with Crippen LogP contribution in [0.1, 0.15) is 0 Å². The Labute approximate surface area is 268 Å². The zero-order chi connectivity index (χ0) is 34.6. The smallest absolute Gasteiger partial charge is 0.104 e. The van der Waals surface area contributed by atoms with Crippen LogP contribution in [0.4, 0.5) is 0 Å². The second kappa shape index (κ2) is 30.3. The molecule has 0 amide bonds. The monoisotopic (exact) mass is 683 g/mol. The molecule has 278 valence electrons. The number of rotatable bonds is 34. The van der Waals surface area contributed by atoms with E-state index in [1.807, 2.05) is 0 Å². The zero-order valence-corrected chi connectivity index (χ0v) is 26.2. The van der Waals surface area contributed by atoms with Gasteiger partial charge in [-0.05, 0) is 0 Å². The van der Waals surface area contributed by atoms with Crippen LogP contribution in [0.2, 0.25) is 0 Å². The Bertz CT molecular complexity index is 658. The average molecular weight is 684 g/mol. The Kier molecular flexibility index (Phi) is 29.8. The fraction of sp³-hybridized carbons (Fsp3) is 1.00. The van der Waals surface area contributed by atoms with Gasteiger partial charge in [0.1, 0.15) is 48.8 Å². The molecule has 46 heavy (non-hydrogen) atoms. The normalized spacial score (nSPS) is 18.1. The Morgan fingerprint density at radius 1 is 0.326 bits per heavy atom. The van der Waals surface area contributed by atoms with Crippen molar-refractivity contribution >= 4 is 0 Å². The van der Waals surface area contributed by atoms with E-state index in [9.17, 15) is 40.9 Å². The van der Waals surface area contributed by atoms with Crippen molar-refractivity contribution < 1.29 is 89.0 Å². The molecule has 0 radical (unpaired) electrons. The van der Waals surface area contributed by atoms with Crippen LogP contribution in [-0.4, -0.2) is 225 Å². The van der Waals surface area contributed by atoms with E-state index in [1.165, 1.54) is 0 Å². The van der Waals surface area contributed by atoms with Crippen LogP contribution in [0.25, 0.3) is 0 Å². The molecule has 0 bridgehead atoms. The van der Waals surface area contributed by atoms with Crippen molar-refractivity contribution in [3.8, 4) is 0 Å². The highest BCUT2D eigenvalue weighted by atomic mass is 16.6. The molecule has 9 atom stereocenters. The zero-order valence-electron chi connectivity index (χ0n) is 26.2. The molecule has 12 N–H and O–H groups in total. The summed E-state index contributed by atoms with van der Waals surface area (Å²) in [6.45, 7) is -3.02. The summed E-state index contributed by atoms with van der Waals surface area (Å²) in [5.74, 6) is 0. The van der Waals surface area contributed by atoms with E-state index in [0.717, 1.165) is 0 Å². The maximum Gasteiger partial charge on any atom is 0.104 e. The molecule has 0 aliphatic rings. The Balaban J connectivity index is 4.50. The average Bonchev–Trinajstić information content (AvgIpc) is 3.02. The van der Waals surface area contributed by atoms with Crippen LogP contribution >= 0.6 is 0 Å². The molecular formula is C27H57NO18. The summed E-state index contributed by atoms with van der Waals surface area (Å²) in [6, 6.07) is 0. The summed E-state index contributed by atoms with van der Waals surface area (Å²) in [5.41, 5.74) is 5.27. The lowest BCUT2D eigenvalue weighted by Crippen LogP contribution is -2.35. The number of hydrogen-bond donors (Lipinski definition) is 11. The standard InChI is InChI=1S/C27H57NO18/c28-1-19(31)4-39-7-22(34)10-42-12-25(37)14-45-18-27(17-44-13-24(36)9-41-6-21(33)3-30)46-16-26(38)15-43-11-23(35)8-40-5-20(32)2-29/h19-27,29-38H,1-18,28H2/t19?,20?,21?,22?,23?,24?,25-,26?,27?/m0/s1. The summed E-state index contributed by atoms with van der Waals surface area (Å²) in [5, 5.41) is 95.4. The second-order valence-corrected chi connectivity index (χ2v) is 10.5. The van der Waals surface area contributed by atoms with Gasteiger partial charge in [-0.1, -0.05) is 0 Å². The molecule has 19 heteroatoms. The lowest BCUT2D eigenvalue weighted by molar-refractivity contribution is -0.117. The van der Waals surface area contributed by atoms with Gasteiger partial charge >= 0.3 is 0 Å². The highest BCUT2D eigenvalue weighted by Crippen LogP contribution is 2.02. The minimum atomic E-state index is -1.10. The molecule has 0 spiro atoms. The minimum Gasteiger partial charge on any atom is -0.394 e. The number of ether oxygens (including phenoxy) is 8. The van der Waals surface area contributed by atoms with E-state index in [0.29, 0.717) is 0 Å². The summed E-state index contributed by atoms with van der Waals surface area (Å²) in [6.07, 6.45) is -8.91. The Hall–Kier alpha value is -0.760. The van der Waals surface area contributed by atoms with Crippen molar-refractivity contribution in [2.75, 3.05) is 119 Å². The lowest BCUT2D eigenvalue weighted by atomic mass is 10.3. The van der Waals surface area contributed by atoms with Crippen molar-refractivity contribution in [2.24, 2.45) is 5.73 Å². The maximum atomic E-state index is 10.2. The van der Waals surface area contributed by atoms with E-state index < -0.39 is 68.1 Å². The fourth-order valence-electron chi connectivity index (χ4n) is 3.18. The van der Waals surface area contributed by atoms with Crippen molar-refractivity contribution in [3.05, 3.63) is 0 Å². The van der Waals surface area contributed by atoms with Gasteiger partial charge in [0.15, 0.2) is 0 Å². The van der Waals surface area contributed by atoms with Crippen LogP contribution in [0.3, 0.4) is 0 Å². The maximum absolute atomic E-state index is 10.2. The molecule has 0 heterocycles. The first kappa shape index (κ1) is 45.2. The summed E-state index contributed by atoms with van der Waals surface area (Å²) in [7, 11) is 0. The van der Waals surface area contributed by atoms with E-state index in [4.69, 9.17) is 53.8 Å². The van der Waals surface area contributed by atoms with Gasteiger partial charge in [0.2, 0.25) is 0 Å². The van der Waals surface area contributed by atoms with Crippen LogP contribution < -0.4 is 5.73 Å². The topological polar surface area (TPSA) is 302 Å². The van der Waals surface area contributed by atoms with Gasteiger partial charge in [-0.25, -0.2) is 0 Å². The van der Waals surface area contributed by atoms with Gasteiger partial charge in [-0.3, -0.25) is 0 Å². The van der Waals surface area contributed by atoms with E-state index >= 15 is 0 Å². The summed E-state index contributed by atoms with van der Waals surface area (Å²) in [4.78, 5) is 0. The number of aliphatic hydroxyl groups excluding tert-OH is 10. The van der Waals surface area contributed by atoms with E-state index in [1.54, 1.807) is 0 Å². The SMILES string of the molecule is NCC(O)COCC(O)COC[C@H](O)COCC(COCC(O)COCC(O)CO)OCC(O)COCC(O)COCC(O)CO. The Morgan fingerprint density at radius 3 is 0.848 bits per heavy atom. The predicted octanol–water partition coefficient (Wildman–Crippen LogP) is -6.68. The summed E-state index contributed by atoms with van der Waals surface area (Å²) < 4.78 is 42.3. The number of aliphatic hydroxyl groups is 10. The molecule has 0 aromatic carbocycles. The molecule has 0 fully saturated rings. The molecule has 0 rings (SSSR count). The first-order valence-corrected chi connectivity index (χ1v) is 15.0. The molecule has 8 unspecified atom stereocenters. The first-order chi connectivity index (χ1) is 22.0. The minimum absolute atomic E-state index is 0.0275.